The maximum absolute atomic E-state index is 10.9. The standard InChI is InChI=1S/C9H9BrO3/c1-2-9(12)13-8-5-6(11)3-4-7(8)10/h3-5,11H,2H2,1H3. The highest BCUT2D eigenvalue weighted by atomic mass is 79.9. The Hall–Kier alpha value is -1.03. The first-order chi connectivity index (χ1) is 6.13. The Bertz CT molecular complexity index is 323. The number of hydrogen-bond acceptors (Lipinski definition) is 3. The average molecular weight is 245 g/mol. The molecule has 0 unspecified atom stereocenters. The molecule has 0 bridgehead atoms. The predicted molar refractivity (Wildman–Crippen MR) is 51.7 cm³/mol. The van der Waals surface area contributed by atoms with Gasteiger partial charge in [0, 0.05) is 12.5 Å². The molecule has 0 aliphatic rings. The summed E-state index contributed by atoms with van der Waals surface area (Å²) in [6.45, 7) is 1.71. The highest BCUT2D eigenvalue weighted by Gasteiger charge is 2.06. The van der Waals surface area contributed by atoms with Gasteiger partial charge in [-0.15, -0.1) is 0 Å². The molecule has 1 aromatic carbocycles. The molecule has 70 valence electrons. The molecule has 0 amide bonds. The molecule has 1 rings (SSSR count). The molecule has 0 radical (unpaired) electrons. The van der Waals surface area contributed by atoms with Gasteiger partial charge in [0.05, 0.1) is 4.47 Å². The Labute approximate surface area is 84.5 Å². The van der Waals surface area contributed by atoms with E-state index in [0.29, 0.717) is 16.6 Å². The molecule has 0 fully saturated rings. The van der Waals surface area contributed by atoms with E-state index in [-0.39, 0.29) is 11.7 Å². The van der Waals surface area contributed by atoms with E-state index in [1.807, 2.05) is 0 Å². The summed E-state index contributed by atoms with van der Waals surface area (Å²) in [6, 6.07) is 4.51. The first-order valence-electron chi connectivity index (χ1n) is 3.82. The van der Waals surface area contributed by atoms with Crippen LogP contribution in [-0.4, -0.2) is 11.1 Å². The second kappa shape index (κ2) is 4.28. The molecule has 0 aliphatic heterocycles. The summed E-state index contributed by atoms with van der Waals surface area (Å²) < 4.78 is 5.57. The van der Waals surface area contributed by atoms with E-state index in [0.717, 1.165) is 0 Å². The second-order valence-corrected chi connectivity index (χ2v) is 3.30. The van der Waals surface area contributed by atoms with Crippen LogP contribution in [-0.2, 0) is 4.79 Å². The Morgan fingerprint density at radius 2 is 2.31 bits per heavy atom. The first kappa shape index (κ1) is 10.1. The fraction of sp³-hybridized carbons (Fsp3) is 0.222. The third-order valence-electron chi connectivity index (χ3n) is 1.43. The second-order valence-electron chi connectivity index (χ2n) is 2.44. The van der Waals surface area contributed by atoms with Crippen LogP contribution in [0.25, 0.3) is 0 Å². The van der Waals surface area contributed by atoms with Crippen molar-refractivity contribution >= 4 is 21.9 Å². The molecular weight excluding hydrogens is 236 g/mol. The van der Waals surface area contributed by atoms with Crippen molar-refractivity contribution < 1.29 is 14.6 Å². The lowest BCUT2D eigenvalue weighted by Crippen LogP contribution is -2.05. The average Bonchev–Trinajstić information content (AvgIpc) is 2.11. The fourth-order valence-corrected chi connectivity index (χ4v) is 1.09. The topological polar surface area (TPSA) is 46.5 Å². The fourth-order valence-electron chi connectivity index (χ4n) is 0.765. The molecule has 0 aromatic heterocycles. The van der Waals surface area contributed by atoms with E-state index in [9.17, 15) is 4.79 Å². The maximum Gasteiger partial charge on any atom is 0.310 e. The quantitative estimate of drug-likeness (QED) is 0.643. The van der Waals surface area contributed by atoms with Gasteiger partial charge in [0.15, 0.2) is 0 Å². The van der Waals surface area contributed by atoms with Crippen LogP contribution in [0.5, 0.6) is 11.5 Å². The lowest BCUT2D eigenvalue weighted by atomic mass is 10.3. The lowest BCUT2D eigenvalue weighted by molar-refractivity contribution is -0.134. The number of phenols is 1. The van der Waals surface area contributed by atoms with E-state index in [1.165, 1.54) is 12.1 Å². The van der Waals surface area contributed by atoms with E-state index >= 15 is 0 Å². The molecule has 0 saturated heterocycles. The zero-order valence-electron chi connectivity index (χ0n) is 7.08. The number of ether oxygens (including phenoxy) is 1. The van der Waals surface area contributed by atoms with Crippen LogP contribution in [0.4, 0.5) is 0 Å². The van der Waals surface area contributed by atoms with Crippen molar-refractivity contribution in [2.45, 2.75) is 13.3 Å². The summed E-state index contributed by atoms with van der Waals surface area (Å²) >= 11 is 3.20. The van der Waals surface area contributed by atoms with E-state index < -0.39 is 0 Å². The van der Waals surface area contributed by atoms with Crippen molar-refractivity contribution in [3.05, 3.63) is 22.7 Å². The smallest absolute Gasteiger partial charge is 0.310 e. The lowest BCUT2D eigenvalue weighted by Gasteiger charge is -2.04. The van der Waals surface area contributed by atoms with Crippen molar-refractivity contribution in [3.8, 4) is 11.5 Å². The maximum atomic E-state index is 10.9. The zero-order chi connectivity index (χ0) is 9.84. The van der Waals surface area contributed by atoms with Crippen LogP contribution in [0.3, 0.4) is 0 Å². The molecule has 3 nitrogen and oxygen atoms in total. The number of halogens is 1. The summed E-state index contributed by atoms with van der Waals surface area (Å²) in [5.41, 5.74) is 0. The number of benzene rings is 1. The van der Waals surface area contributed by atoms with Crippen molar-refractivity contribution in [3.63, 3.8) is 0 Å². The highest BCUT2D eigenvalue weighted by molar-refractivity contribution is 9.10. The minimum atomic E-state index is -0.327. The first-order valence-corrected chi connectivity index (χ1v) is 4.62. The molecule has 13 heavy (non-hydrogen) atoms. The molecule has 0 aliphatic carbocycles. The summed E-state index contributed by atoms with van der Waals surface area (Å²) in [4.78, 5) is 10.9. The number of phenolic OH excluding ortho intramolecular Hbond substituents is 1. The summed E-state index contributed by atoms with van der Waals surface area (Å²) in [7, 11) is 0. The number of aromatic hydroxyl groups is 1. The third-order valence-corrected chi connectivity index (χ3v) is 2.08. The summed E-state index contributed by atoms with van der Waals surface area (Å²) in [5.74, 6) is 0.0836. The van der Waals surface area contributed by atoms with Crippen molar-refractivity contribution in [1.29, 1.82) is 0 Å². The van der Waals surface area contributed by atoms with Crippen LogP contribution in [0, 0.1) is 0 Å². The van der Waals surface area contributed by atoms with Crippen molar-refractivity contribution in [2.75, 3.05) is 0 Å². The number of esters is 1. The van der Waals surface area contributed by atoms with Crippen LogP contribution in [0.15, 0.2) is 22.7 Å². The van der Waals surface area contributed by atoms with Crippen molar-refractivity contribution in [2.24, 2.45) is 0 Å². The van der Waals surface area contributed by atoms with Gasteiger partial charge in [-0.25, -0.2) is 0 Å². The summed E-state index contributed by atoms with van der Waals surface area (Å²) in [6.07, 6.45) is 0.308. The van der Waals surface area contributed by atoms with E-state index in [4.69, 9.17) is 9.84 Å². The largest absolute Gasteiger partial charge is 0.508 e. The number of hydrogen-bond donors (Lipinski definition) is 1. The van der Waals surface area contributed by atoms with E-state index in [2.05, 4.69) is 15.9 Å². The van der Waals surface area contributed by atoms with Gasteiger partial charge < -0.3 is 9.84 Å². The van der Waals surface area contributed by atoms with Crippen LogP contribution in [0.1, 0.15) is 13.3 Å². The summed E-state index contributed by atoms with van der Waals surface area (Å²) in [5, 5.41) is 9.11. The SMILES string of the molecule is CCC(=O)Oc1cc(O)ccc1Br. The third kappa shape index (κ3) is 2.73. The molecule has 0 saturated carbocycles. The van der Waals surface area contributed by atoms with Crippen LogP contribution < -0.4 is 4.74 Å². The van der Waals surface area contributed by atoms with Gasteiger partial charge in [-0.05, 0) is 28.1 Å². The Morgan fingerprint density at radius 1 is 1.62 bits per heavy atom. The van der Waals surface area contributed by atoms with Gasteiger partial charge in [0.2, 0.25) is 0 Å². The highest BCUT2D eigenvalue weighted by Crippen LogP contribution is 2.28. The van der Waals surface area contributed by atoms with Gasteiger partial charge in [0.1, 0.15) is 11.5 Å². The van der Waals surface area contributed by atoms with Crippen molar-refractivity contribution in [1.82, 2.24) is 0 Å². The van der Waals surface area contributed by atoms with Gasteiger partial charge in [-0.3, -0.25) is 4.79 Å². The molecule has 0 heterocycles. The number of carbonyl (C=O) groups excluding carboxylic acids is 1. The number of rotatable bonds is 2. The molecular formula is C9H9BrO3. The Kier molecular flexibility index (Phi) is 3.31. The predicted octanol–water partition coefficient (Wildman–Crippen LogP) is 2.47. The van der Waals surface area contributed by atoms with Gasteiger partial charge in [-0.1, -0.05) is 6.92 Å². The Morgan fingerprint density at radius 3 is 2.92 bits per heavy atom. The van der Waals surface area contributed by atoms with Crippen LogP contribution >= 0.6 is 15.9 Å². The monoisotopic (exact) mass is 244 g/mol. The molecule has 0 atom stereocenters. The molecule has 4 heteroatoms. The zero-order valence-corrected chi connectivity index (χ0v) is 8.67. The van der Waals surface area contributed by atoms with Crippen LogP contribution in [0.2, 0.25) is 0 Å². The minimum absolute atomic E-state index is 0.0714. The molecule has 0 spiro atoms. The van der Waals surface area contributed by atoms with Gasteiger partial charge in [0.25, 0.3) is 0 Å². The molecule has 1 aromatic rings. The molecule has 1 N–H and O–H groups in total. The minimum Gasteiger partial charge on any atom is -0.508 e. The normalized spacial score (nSPS) is 9.69. The van der Waals surface area contributed by atoms with Gasteiger partial charge in [-0.2, -0.15) is 0 Å². The number of carbonyl (C=O) groups is 1. The van der Waals surface area contributed by atoms with E-state index in [1.54, 1.807) is 13.0 Å². The Balaban J connectivity index is 2.87. The van der Waals surface area contributed by atoms with Gasteiger partial charge >= 0.3 is 5.97 Å².